The molecule has 0 saturated carbocycles. The number of aliphatic hydroxyl groups is 2. The Morgan fingerprint density at radius 3 is 1.44 bits per heavy atom. The maximum absolute atomic E-state index is 12.8. The van der Waals surface area contributed by atoms with Crippen LogP contribution >= 0.6 is 0 Å². The number of halogens is 2. The Morgan fingerprint density at radius 2 is 1.08 bits per heavy atom. The summed E-state index contributed by atoms with van der Waals surface area (Å²) in [6.45, 7) is 0.519. The lowest BCUT2D eigenvalue weighted by atomic mass is 10.3. The molecule has 0 aliphatic heterocycles. The lowest BCUT2D eigenvalue weighted by Crippen LogP contribution is -2.37. The molecule has 0 amide bonds. The summed E-state index contributed by atoms with van der Waals surface area (Å²) < 4.78 is 36.1. The molecule has 7 heteroatoms. The van der Waals surface area contributed by atoms with Crippen molar-refractivity contribution in [3.05, 3.63) is 60.2 Å². The van der Waals surface area contributed by atoms with Crippen molar-refractivity contribution in [3.8, 4) is 11.5 Å². The second-order valence-electron chi connectivity index (χ2n) is 5.50. The van der Waals surface area contributed by atoms with Crippen LogP contribution in [-0.4, -0.2) is 48.7 Å². The second kappa shape index (κ2) is 9.93. The van der Waals surface area contributed by atoms with Gasteiger partial charge < -0.3 is 25.0 Å². The third-order valence-corrected chi connectivity index (χ3v) is 3.27. The minimum atomic E-state index is -0.782. The molecule has 0 saturated heterocycles. The molecule has 0 aliphatic carbocycles. The first-order chi connectivity index (χ1) is 12.0. The summed E-state index contributed by atoms with van der Waals surface area (Å²) >= 11 is 0. The van der Waals surface area contributed by atoms with Crippen LogP contribution in [0.5, 0.6) is 11.5 Å². The topological polar surface area (TPSA) is 71.0 Å². The van der Waals surface area contributed by atoms with Gasteiger partial charge in [0.05, 0.1) is 0 Å². The minimum Gasteiger partial charge on any atom is -0.491 e. The largest absolute Gasteiger partial charge is 0.491 e. The average Bonchev–Trinajstić information content (AvgIpc) is 2.61. The van der Waals surface area contributed by atoms with Crippen LogP contribution < -0.4 is 14.8 Å². The van der Waals surface area contributed by atoms with Gasteiger partial charge in [0.25, 0.3) is 0 Å². The number of aliphatic hydroxyl groups excluding tert-OH is 2. The molecule has 0 heterocycles. The van der Waals surface area contributed by atoms with Gasteiger partial charge in [0.15, 0.2) is 0 Å². The van der Waals surface area contributed by atoms with Crippen LogP contribution in [0.15, 0.2) is 48.5 Å². The Hall–Kier alpha value is -2.22. The molecule has 2 aromatic rings. The predicted molar refractivity (Wildman–Crippen MR) is 88.7 cm³/mol. The Morgan fingerprint density at radius 1 is 0.720 bits per heavy atom. The fourth-order valence-electron chi connectivity index (χ4n) is 1.98. The van der Waals surface area contributed by atoms with Crippen molar-refractivity contribution in [2.24, 2.45) is 0 Å². The first kappa shape index (κ1) is 19.1. The standard InChI is InChI=1S/C18H21F2NO4/c19-13-1-5-17(6-2-13)24-11-15(22)9-21-10-16(23)12-25-18-7-3-14(20)4-8-18/h1-8,15-16,21-23H,9-12H2/t15-,16-/m0/s1. The smallest absolute Gasteiger partial charge is 0.123 e. The summed E-state index contributed by atoms with van der Waals surface area (Å²) in [5.74, 6) is 0.221. The monoisotopic (exact) mass is 353 g/mol. The maximum atomic E-state index is 12.8. The van der Waals surface area contributed by atoms with Crippen molar-refractivity contribution in [1.29, 1.82) is 0 Å². The van der Waals surface area contributed by atoms with Gasteiger partial charge in [0, 0.05) is 13.1 Å². The van der Waals surface area contributed by atoms with Crippen molar-refractivity contribution in [2.45, 2.75) is 12.2 Å². The van der Waals surface area contributed by atoms with Crippen LogP contribution in [0.1, 0.15) is 0 Å². The Labute approximate surface area is 144 Å². The van der Waals surface area contributed by atoms with E-state index in [1.54, 1.807) is 0 Å². The number of hydrogen-bond donors (Lipinski definition) is 3. The normalized spacial score (nSPS) is 13.3. The number of nitrogens with one attached hydrogen (secondary N) is 1. The van der Waals surface area contributed by atoms with Crippen LogP contribution in [-0.2, 0) is 0 Å². The van der Waals surface area contributed by atoms with E-state index in [0.717, 1.165) is 0 Å². The molecule has 136 valence electrons. The molecule has 0 aromatic heterocycles. The molecule has 0 bridgehead atoms. The molecule has 0 fully saturated rings. The Kier molecular flexibility index (Phi) is 7.59. The number of hydrogen-bond acceptors (Lipinski definition) is 5. The van der Waals surface area contributed by atoms with Gasteiger partial charge in [0.1, 0.15) is 48.6 Å². The van der Waals surface area contributed by atoms with Crippen molar-refractivity contribution in [1.82, 2.24) is 5.32 Å². The third-order valence-electron chi connectivity index (χ3n) is 3.27. The summed E-state index contributed by atoms with van der Waals surface area (Å²) in [5.41, 5.74) is 0. The third kappa shape index (κ3) is 7.47. The number of benzene rings is 2. The molecule has 0 spiro atoms. The van der Waals surface area contributed by atoms with Crippen LogP contribution in [0.3, 0.4) is 0 Å². The van der Waals surface area contributed by atoms with Gasteiger partial charge in [-0.05, 0) is 48.5 Å². The first-order valence-corrected chi connectivity index (χ1v) is 7.86. The van der Waals surface area contributed by atoms with Crippen LogP contribution in [0.25, 0.3) is 0 Å². The van der Waals surface area contributed by atoms with E-state index in [4.69, 9.17) is 9.47 Å². The van der Waals surface area contributed by atoms with E-state index in [0.29, 0.717) is 11.5 Å². The SMILES string of the molecule is O[C@@H](CNC[C@H](O)COc1ccc(F)cc1)COc1ccc(F)cc1. The van der Waals surface area contributed by atoms with E-state index in [1.165, 1.54) is 48.5 Å². The van der Waals surface area contributed by atoms with Gasteiger partial charge in [-0.15, -0.1) is 0 Å². The van der Waals surface area contributed by atoms with Gasteiger partial charge in [-0.1, -0.05) is 0 Å². The Bertz CT molecular complexity index is 566. The highest BCUT2D eigenvalue weighted by atomic mass is 19.1. The molecule has 0 radical (unpaired) electrons. The fourth-order valence-corrected chi connectivity index (χ4v) is 1.98. The molecule has 5 nitrogen and oxygen atoms in total. The summed E-state index contributed by atoms with van der Waals surface area (Å²) in [5, 5.41) is 22.5. The fraction of sp³-hybridized carbons (Fsp3) is 0.333. The van der Waals surface area contributed by atoms with Crippen molar-refractivity contribution >= 4 is 0 Å². The van der Waals surface area contributed by atoms with E-state index < -0.39 is 12.2 Å². The number of ether oxygens (including phenoxy) is 2. The van der Waals surface area contributed by atoms with Gasteiger partial charge in [-0.25, -0.2) is 8.78 Å². The molecule has 2 atom stereocenters. The van der Waals surface area contributed by atoms with E-state index in [9.17, 15) is 19.0 Å². The molecule has 2 rings (SSSR count). The van der Waals surface area contributed by atoms with Crippen molar-refractivity contribution in [3.63, 3.8) is 0 Å². The zero-order chi connectivity index (χ0) is 18.1. The van der Waals surface area contributed by atoms with Gasteiger partial charge >= 0.3 is 0 Å². The van der Waals surface area contributed by atoms with Crippen LogP contribution in [0.2, 0.25) is 0 Å². The molecule has 25 heavy (non-hydrogen) atoms. The molecule has 2 aromatic carbocycles. The minimum absolute atomic E-state index is 0.0425. The highest BCUT2D eigenvalue weighted by Crippen LogP contribution is 2.12. The van der Waals surface area contributed by atoms with Gasteiger partial charge in [-0.3, -0.25) is 0 Å². The maximum Gasteiger partial charge on any atom is 0.123 e. The first-order valence-electron chi connectivity index (χ1n) is 7.86. The zero-order valence-corrected chi connectivity index (χ0v) is 13.6. The lowest BCUT2D eigenvalue weighted by molar-refractivity contribution is 0.0857. The quantitative estimate of drug-likeness (QED) is 0.607. The van der Waals surface area contributed by atoms with E-state index in [2.05, 4.69) is 5.32 Å². The van der Waals surface area contributed by atoms with Crippen LogP contribution in [0, 0.1) is 11.6 Å². The predicted octanol–water partition coefficient (Wildman–Crippen LogP) is 1.73. The summed E-state index contributed by atoms with van der Waals surface area (Å²) in [6.07, 6.45) is -1.56. The Balaban J connectivity index is 1.57. The molecule has 3 N–H and O–H groups in total. The molecular weight excluding hydrogens is 332 g/mol. The average molecular weight is 353 g/mol. The number of rotatable bonds is 10. The highest BCUT2D eigenvalue weighted by molar-refractivity contribution is 5.22. The summed E-state index contributed by atoms with van der Waals surface area (Å²) in [6, 6.07) is 11.0. The van der Waals surface area contributed by atoms with E-state index in [-0.39, 0.29) is 37.9 Å². The van der Waals surface area contributed by atoms with Gasteiger partial charge in [0.2, 0.25) is 0 Å². The lowest BCUT2D eigenvalue weighted by Gasteiger charge is -2.16. The molecular formula is C18H21F2NO4. The van der Waals surface area contributed by atoms with E-state index in [1.807, 2.05) is 0 Å². The van der Waals surface area contributed by atoms with Crippen molar-refractivity contribution in [2.75, 3.05) is 26.3 Å². The molecule has 0 aliphatic rings. The van der Waals surface area contributed by atoms with E-state index >= 15 is 0 Å². The highest BCUT2D eigenvalue weighted by Gasteiger charge is 2.09. The molecule has 0 unspecified atom stereocenters. The summed E-state index contributed by atoms with van der Waals surface area (Å²) in [4.78, 5) is 0. The van der Waals surface area contributed by atoms with Crippen molar-refractivity contribution < 1.29 is 28.5 Å². The zero-order valence-electron chi connectivity index (χ0n) is 13.6. The van der Waals surface area contributed by atoms with Crippen LogP contribution in [0.4, 0.5) is 8.78 Å². The summed E-state index contributed by atoms with van der Waals surface area (Å²) in [7, 11) is 0. The van der Waals surface area contributed by atoms with Gasteiger partial charge in [-0.2, -0.15) is 0 Å². The second-order valence-corrected chi connectivity index (χ2v) is 5.50.